The van der Waals surface area contributed by atoms with Gasteiger partial charge < -0.3 is 14.0 Å². The van der Waals surface area contributed by atoms with E-state index in [2.05, 4.69) is 26.7 Å². The van der Waals surface area contributed by atoms with E-state index in [0.29, 0.717) is 24.6 Å². The fraction of sp³-hybridized carbons (Fsp3) is 0.400. The molecule has 0 radical (unpaired) electrons. The van der Waals surface area contributed by atoms with Crippen LogP contribution in [0.5, 0.6) is 5.75 Å². The maximum atomic E-state index is 12.3. The molecule has 2 heterocycles. The van der Waals surface area contributed by atoms with Gasteiger partial charge in [0.2, 0.25) is 0 Å². The van der Waals surface area contributed by atoms with Gasteiger partial charge >= 0.3 is 5.97 Å². The first kappa shape index (κ1) is 20.5. The molecule has 5 rings (SSSR count). The number of carbonyl (C=O) groups excluding carboxylic acids is 1. The summed E-state index contributed by atoms with van der Waals surface area (Å²) in [5.41, 5.74) is 14.1. The Labute approximate surface area is 186 Å². The monoisotopic (exact) mass is 430 g/mol. The smallest absolute Gasteiger partial charge is 0.337 e. The standard InChI is InChI=1S/C25H26N4O3/c1-31-25(30)17-11-12-19-21(13-17)29-14-18(27-28-26)15-32-22-10-6-5-9-20(22)24(29)23(19)16-7-3-2-4-8-16/h5-6,9-13,16,18H,2-4,7-8,14-15H2,1H3/t18-/m1/s1. The summed E-state index contributed by atoms with van der Waals surface area (Å²) in [5, 5.41) is 5.15. The van der Waals surface area contributed by atoms with Crippen LogP contribution in [-0.2, 0) is 11.3 Å². The van der Waals surface area contributed by atoms with Crippen molar-refractivity contribution in [3.05, 3.63) is 64.0 Å². The topological polar surface area (TPSA) is 89.2 Å². The number of carbonyl (C=O) groups is 1. The lowest BCUT2D eigenvalue weighted by Crippen LogP contribution is -2.24. The number of fused-ring (bicyclic) bond motifs is 5. The molecule has 7 nitrogen and oxygen atoms in total. The average Bonchev–Trinajstić information content (AvgIpc) is 3.14. The number of aromatic nitrogens is 1. The molecule has 1 saturated carbocycles. The third-order valence-electron chi connectivity index (χ3n) is 6.72. The molecule has 2 aliphatic rings. The molecule has 164 valence electrons. The van der Waals surface area contributed by atoms with Gasteiger partial charge in [-0.2, -0.15) is 0 Å². The van der Waals surface area contributed by atoms with Gasteiger partial charge in [0, 0.05) is 27.9 Å². The predicted molar refractivity (Wildman–Crippen MR) is 123 cm³/mol. The fourth-order valence-electron chi connectivity index (χ4n) is 5.29. The number of benzene rings is 2. The number of hydrogen-bond donors (Lipinski definition) is 0. The molecule has 1 atom stereocenters. The number of nitrogens with zero attached hydrogens (tertiary/aromatic N) is 4. The van der Waals surface area contributed by atoms with Crippen LogP contribution in [0.25, 0.3) is 32.6 Å². The van der Waals surface area contributed by atoms with Gasteiger partial charge in [0.15, 0.2) is 0 Å². The summed E-state index contributed by atoms with van der Waals surface area (Å²) in [5.74, 6) is 0.874. The van der Waals surface area contributed by atoms with Crippen LogP contribution in [0.2, 0.25) is 0 Å². The van der Waals surface area contributed by atoms with Gasteiger partial charge in [-0.25, -0.2) is 4.79 Å². The van der Waals surface area contributed by atoms with Crippen molar-refractivity contribution in [1.82, 2.24) is 4.57 Å². The Morgan fingerprint density at radius 2 is 2.00 bits per heavy atom. The van der Waals surface area contributed by atoms with E-state index in [4.69, 9.17) is 15.0 Å². The zero-order valence-electron chi connectivity index (χ0n) is 18.2. The van der Waals surface area contributed by atoms with E-state index in [1.807, 2.05) is 30.3 Å². The van der Waals surface area contributed by atoms with Crippen molar-refractivity contribution in [2.45, 2.75) is 50.6 Å². The second kappa shape index (κ2) is 8.60. The van der Waals surface area contributed by atoms with Crippen LogP contribution >= 0.6 is 0 Å². The van der Waals surface area contributed by atoms with E-state index >= 15 is 0 Å². The van der Waals surface area contributed by atoms with Crippen molar-refractivity contribution >= 4 is 16.9 Å². The van der Waals surface area contributed by atoms with Gasteiger partial charge in [0.05, 0.1) is 31.0 Å². The molecule has 0 saturated heterocycles. The highest BCUT2D eigenvalue weighted by Gasteiger charge is 2.30. The molecule has 0 N–H and O–H groups in total. The van der Waals surface area contributed by atoms with Gasteiger partial charge in [0.25, 0.3) is 0 Å². The zero-order chi connectivity index (χ0) is 22.1. The van der Waals surface area contributed by atoms with Gasteiger partial charge in [-0.3, -0.25) is 0 Å². The molecule has 2 aromatic carbocycles. The van der Waals surface area contributed by atoms with Gasteiger partial charge in [-0.05, 0) is 54.1 Å². The van der Waals surface area contributed by atoms with E-state index in [9.17, 15) is 4.79 Å². The fourth-order valence-corrected chi connectivity index (χ4v) is 5.29. The summed E-state index contributed by atoms with van der Waals surface area (Å²) in [6.45, 7) is 0.789. The lowest BCUT2D eigenvalue weighted by molar-refractivity contribution is 0.0601. The Balaban J connectivity index is 1.83. The largest absolute Gasteiger partial charge is 0.492 e. The number of ether oxygens (including phenoxy) is 2. The normalized spacial score (nSPS) is 18.5. The van der Waals surface area contributed by atoms with Crippen molar-refractivity contribution in [3.63, 3.8) is 0 Å². The van der Waals surface area contributed by atoms with E-state index < -0.39 is 0 Å². The highest BCUT2D eigenvalue weighted by atomic mass is 16.5. The molecule has 32 heavy (non-hydrogen) atoms. The minimum absolute atomic E-state index is 0.301. The third-order valence-corrected chi connectivity index (χ3v) is 6.72. The maximum absolute atomic E-state index is 12.3. The molecule has 0 amide bonds. The minimum Gasteiger partial charge on any atom is -0.492 e. The first-order valence-electron chi connectivity index (χ1n) is 11.2. The molecule has 3 aromatic rings. The van der Waals surface area contributed by atoms with E-state index in [1.54, 1.807) is 0 Å². The average molecular weight is 431 g/mol. The van der Waals surface area contributed by atoms with Crippen LogP contribution < -0.4 is 4.74 Å². The Hall–Kier alpha value is -3.44. The molecule has 7 heteroatoms. The Kier molecular flexibility index (Phi) is 5.50. The molecule has 0 unspecified atom stereocenters. The van der Waals surface area contributed by atoms with Gasteiger partial charge in [0.1, 0.15) is 5.75 Å². The highest BCUT2D eigenvalue weighted by molar-refractivity contribution is 5.99. The van der Waals surface area contributed by atoms with E-state index in [1.165, 1.54) is 31.9 Å². The molecular formula is C25H26N4O3. The molecule has 1 aliphatic heterocycles. The Bertz CT molecular complexity index is 1220. The number of esters is 1. The maximum Gasteiger partial charge on any atom is 0.337 e. The lowest BCUT2D eigenvalue weighted by Gasteiger charge is -2.26. The molecule has 1 aliphatic carbocycles. The molecule has 0 bridgehead atoms. The van der Waals surface area contributed by atoms with Crippen LogP contribution in [0.15, 0.2) is 47.6 Å². The summed E-state index contributed by atoms with van der Waals surface area (Å²) in [6, 6.07) is 13.5. The Morgan fingerprint density at radius 3 is 2.78 bits per heavy atom. The second-order valence-corrected chi connectivity index (χ2v) is 8.60. The Morgan fingerprint density at radius 1 is 1.19 bits per heavy atom. The summed E-state index contributed by atoms with van der Waals surface area (Å²) in [6.07, 6.45) is 6.00. The summed E-state index contributed by atoms with van der Waals surface area (Å²) in [7, 11) is 1.40. The van der Waals surface area contributed by atoms with Gasteiger partial charge in [-0.15, -0.1) is 0 Å². The summed E-state index contributed by atoms with van der Waals surface area (Å²) in [4.78, 5) is 15.4. The van der Waals surface area contributed by atoms with E-state index in [0.717, 1.165) is 40.8 Å². The number of azide groups is 1. The summed E-state index contributed by atoms with van der Waals surface area (Å²) >= 11 is 0. The van der Waals surface area contributed by atoms with E-state index in [-0.39, 0.29) is 12.0 Å². The number of rotatable bonds is 3. The third kappa shape index (κ3) is 3.49. The van der Waals surface area contributed by atoms with Crippen LogP contribution in [0.3, 0.4) is 0 Å². The first-order valence-corrected chi connectivity index (χ1v) is 11.2. The molecule has 1 fully saturated rings. The zero-order valence-corrected chi connectivity index (χ0v) is 18.2. The van der Waals surface area contributed by atoms with Crippen LogP contribution in [0.1, 0.15) is 53.9 Å². The van der Waals surface area contributed by atoms with Gasteiger partial charge in [-0.1, -0.05) is 42.6 Å². The van der Waals surface area contributed by atoms with Crippen molar-refractivity contribution < 1.29 is 14.3 Å². The number of hydrogen-bond acceptors (Lipinski definition) is 4. The molecule has 1 aromatic heterocycles. The minimum atomic E-state index is -0.358. The molecular weight excluding hydrogens is 404 g/mol. The van der Waals surface area contributed by atoms with Crippen LogP contribution in [0, 0.1) is 0 Å². The van der Waals surface area contributed by atoms with Crippen LogP contribution in [-0.4, -0.2) is 30.3 Å². The number of para-hydroxylation sites is 1. The SMILES string of the molecule is COC(=O)c1ccc2c(C3CCCCC3)c3n(c2c1)C[C@@H](N=[N+]=[N-])COc1ccccc1-3. The van der Waals surface area contributed by atoms with Crippen molar-refractivity contribution in [2.75, 3.05) is 13.7 Å². The quantitative estimate of drug-likeness (QED) is 0.214. The predicted octanol–water partition coefficient (Wildman–Crippen LogP) is 6.21. The molecule has 0 spiro atoms. The van der Waals surface area contributed by atoms with Crippen molar-refractivity contribution in [1.29, 1.82) is 0 Å². The first-order chi connectivity index (χ1) is 15.7. The van der Waals surface area contributed by atoms with Crippen molar-refractivity contribution in [2.24, 2.45) is 5.11 Å². The summed E-state index contributed by atoms with van der Waals surface area (Å²) < 4.78 is 13.3. The highest BCUT2D eigenvalue weighted by Crippen LogP contribution is 2.47. The second-order valence-electron chi connectivity index (χ2n) is 8.60. The van der Waals surface area contributed by atoms with Crippen LogP contribution in [0.4, 0.5) is 0 Å². The lowest BCUT2D eigenvalue weighted by atomic mass is 9.81. The number of methoxy groups -OCH3 is 1. The van der Waals surface area contributed by atoms with Crippen molar-refractivity contribution in [3.8, 4) is 17.0 Å².